The molecule has 1 aromatic heterocycles. The van der Waals surface area contributed by atoms with Gasteiger partial charge in [0.2, 0.25) is 0 Å². The lowest BCUT2D eigenvalue weighted by atomic mass is 10.0. The summed E-state index contributed by atoms with van der Waals surface area (Å²) in [7, 11) is 0. The van der Waals surface area contributed by atoms with Gasteiger partial charge in [-0.1, -0.05) is 44.2 Å². The highest BCUT2D eigenvalue weighted by Gasteiger charge is 2.24. The van der Waals surface area contributed by atoms with E-state index in [9.17, 15) is 19.7 Å². The Bertz CT molecular complexity index is 1170. The predicted octanol–water partition coefficient (Wildman–Crippen LogP) is 5.64. The van der Waals surface area contributed by atoms with Crippen LogP contribution < -0.4 is 10.1 Å². The second kappa shape index (κ2) is 10.7. The first kappa shape index (κ1) is 23.9. The van der Waals surface area contributed by atoms with Gasteiger partial charge in [-0.05, 0) is 30.0 Å². The number of ether oxygens (including phenoxy) is 2. The first-order valence-electron chi connectivity index (χ1n) is 10.4. The summed E-state index contributed by atoms with van der Waals surface area (Å²) in [4.78, 5) is 36.0. The van der Waals surface area contributed by atoms with Crippen molar-refractivity contribution in [3.63, 3.8) is 0 Å². The number of amides is 1. The lowest BCUT2D eigenvalue weighted by Gasteiger charge is -2.14. The van der Waals surface area contributed by atoms with Gasteiger partial charge in [0.1, 0.15) is 16.3 Å². The highest BCUT2D eigenvalue weighted by atomic mass is 32.1. The van der Waals surface area contributed by atoms with Gasteiger partial charge in [0.15, 0.2) is 6.61 Å². The Morgan fingerprint density at radius 2 is 1.91 bits per heavy atom. The van der Waals surface area contributed by atoms with Crippen LogP contribution >= 0.6 is 11.3 Å². The number of anilines is 1. The molecule has 1 amide bonds. The minimum atomic E-state index is -0.623. The fraction of sp³-hybridized carbons (Fsp3) is 0.250. The van der Waals surface area contributed by atoms with Crippen LogP contribution in [0.25, 0.3) is 11.1 Å². The van der Waals surface area contributed by atoms with Crippen molar-refractivity contribution in [1.29, 1.82) is 0 Å². The molecule has 9 heteroatoms. The zero-order chi connectivity index (χ0) is 24.0. The third-order valence-corrected chi connectivity index (χ3v) is 5.69. The number of nitrogens with zero attached hydrogens (tertiary/aromatic N) is 1. The Hall–Kier alpha value is -3.72. The zero-order valence-corrected chi connectivity index (χ0v) is 19.3. The van der Waals surface area contributed by atoms with Crippen molar-refractivity contribution in [2.24, 2.45) is 0 Å². The molecule has 172 valence electrons. The van der Waals surface area contributed by atoms with Crippen molar-refractivity contribution in [3.8, 4) is 16.9 Å². The average Bonchev–Trinajstić information content (AvgIpc) is 3.21. The van der Waals surface area contributed by atoms with Crippen LogP contribution in [0, 0.1) is 10.1 Å². The maximum Gasteiger partial charge on any atom is 0.341 e. The lowest BCUT2D eigenvalue weighted by molar-refractivity contribution is -0.384. The number of carbonyl (C=O) groups excluding carboxylic acids is 2. The number of hydrogen-bond donors (Lipinski definition) is 1. The molecule has 0 fully saturated rings. The fourth-order valence-corrected chi connectivity index (χ4v) is 4.22. The van der Waals surface area contributed by atoms with Crippen molar-refractivity contribution in [2.45, 2.75) is 26.7 Å². The average molecular weight is 469 g/mol. The molecule has 0 atom stereocenters. The fourth-order valence-electron chi connectivity index (χ4n) is 3.25. The lowest BCUT2D eigenvalue weighted by Crippen LogP contribution is -2.21. The second-order valence-corrected chi connectivity index (χ2v) is 8.29. The zero-order valence-electron chi connectivity index (χ0n) is 18.5. The molecule has 1 heterocycles. The minimum absolute atomic E-state index is 0.101. The first-order valence-corrected chi connectivity index (χ1v) is 11.2. The maximum atomic E-state index is 12.7. The molecular weight excluding hydrogens is 444 g/mol. The largest absolute Gasteiger partial charge is 0.483 e. The topological polar surface area (TPSA) is 108 Å². The Morgan fingerprint density at radius 3 is 2.61 bits per heavy atom. The van der Waals surface area contributed by atoms with E-state index in [0.717, 1.165) is 16.9 Å². The van der Waals surface area contributed by atoms with Crippen LogP contribution in [0.5, 0.6) is 5.75 Å². The maximum absolute atomic E-state index is 12.7. The van der Waals surface area contributed by atoms with Crippen LogP contribution in [0.3, 0.4) is 0 Å². The molecular formula is C24H24N2O6S. The number of rotatable bonds is 9. The third kappa shape index (κ3) is 5.75. The number of nitro groups is 1. The normalized spacial score (nSPS) is 10.7. The van der Waals surface area contributed by atoms with Gasteiger partial charge in [-0.2, -0.15) is 0 Å². The number of thiophene rings is 1. The number of esters is 1. The SMILES string of the molecule is CCOC(=O)c1c(-c2cccc([N+](=O)[O-])c2)csc1NC(=O)COc1ccccc1C(C)C. The molecule has 0 saturated heterocycles. The van der Waals surface area contributed by atoms with Gasteiger partial charge in [0.05, 0.1) is 11.5 Å². The minimum Gasteiger partial charge on any atom is -0.483 e. The Balaban J connectivity index is 1.84. The van der Waals surface area contributed by atoms with Gasteiger partial charge in [-0.3, -0.25) is 14.9 Å². The summed E-state index contributed by atoms with van der Waals surface area (Å²) in [5.74, 6) is -0.209. The van der Waals surface area contributed by atoms with Gasteiger partial charge in [-0.15, -0.1) is 11.3 Å². The number of benzene rings is 2. The number of nitrogens with one attached hydrogen (secondary N) is 1. The molecule has 0 bridgehead atoms. The number of non-ortho nitro benzene ring substituents is 1. The standard InChI is InChI=1S/C24H24N2O6S/c1-4-31-24(28)22-19(16-8-7-9-17(12-16)26(29)30)14-33-23(22)25-21(27)13-32-20-11-6-5-10-18(20)15(2)3/h5-12,14-15H,4,13H2,1-3H3,(H,25,27). The molecule has 0 aliphatic carbocycles. The molecule has 0 aliphatic rings. The highest BCUT2D eigenvalue weighted by Crippen LogP contribution is 2.37. The first-order chi connectivity index (χ1) is 15.8. The summed E-state index contributed by atoms with van der Waals surface area (Å²) in [6.07, 6.45) is 0. The van der Waals surface area contributed by atoms with Crippen LogP contribution in [0.4, 0.5) is 10.7 Å². The van der Waals surface area contributed by atoms with E-state index in [1.54, 1.807) is 30.5 Å². The monoisotopic (exact) mass is 468 g/mol. The molecule has 0 radical (unpaired) electrons. The number of carbonyl (C=O) groups is 2. The summed E-state index contributed by atoms with van der Waals surface area (Å²) in [6.45, 7) is 5.65. The van der Waals surface area contributed by atoms with Crippen molar-refractivity contribution in [2.75, 3.05) is 18.5 Å². The van der Waals surface area contributed by atoms with E-state index >= 15 is 0 Å². The summed E-state index contributed by atoms with van der Waals surface area (Å²) in [5, 5.41) is 15.8. The molecule has 1 N–H and O–H groups in total. The molecule has 8 nitrogen and oxygen atoms in total. The van der Waals surface area contributed by atoms with E-state index in [1.165, 1.54) is 12.1 Å². The Kier molecular flexibility index (Phi) is 7.78. The Morgan fingerprint density at radius 1 is 1.15 bits per heavy atom. The van der Waals surface area contributed by atoms with E-state index in [-0.39, 0.29) is 30.4 Å². The molecule has 0 unspecified atom stereocenters. The molecule has 0 saturated carbocycles. The predicted molar refractivity (Wildman–Crippen MR) is 127 cm³/mol. The van der Waals surface area contributed by atoms with Gasteiger partial charge < -0.3 is 14.8 Å². The van der Waals surface area contributed by atoms with Crippen LogP contribution in [-0.4, -0.2) is 30.0 Å². The quantitative estimate of drug-likeness (QED) is 0.247. The van der Waals surface area contributed by atoms with E-state index in [1.807, 2.05) is 32.0 Å². The van der Waals surface area contributed by atoms with E-state index in [4.69, 9.17) is 9.47 Å². The third-order valence-electron chi connectivity index (χ3n) is 4.79. The van der Waals surface area contributed by atoms with Crippen molar-refractivity contribution in [1.82, 2.24) is 0 Å². The smallest absolute Gasteiger partial charge is 0.341 e. The number of nitro benzene ring substituents is 1. The van der Waals surface area contributed by atoms with Crippen molar-refractivity contribution >= 4 is 33.9 Å². The summed E-state index contributed by atoms with van der Waals surface area (Å²) in [5.41, 5.74) is 1.96. The van der Waals surface area contributed by atoms with Gasteiger partial charge in [0, 0.05) is 23.1 Å². The molecule has 3 aromatic rings. The van der Waals surface area contributed by atoms with Crippen LogP contribution in [-0.2, 0) is 9.53 Å². The summed E-state index contributed by atoms with van der Waals surface area (Å²) in [6, 6.07) is 13.4. The Labute approximate surface area is 195 Å². The van der Waals surface area contributed by atoms with Gasteiger partial charge in [0.25, 0.3) is 11.6 Å². The number of hydrogen-bond acceptors (Lipinski definition) is 7. The van der Waals surface area contributed by atoms with E-state index in [0.29, 0.717) is 21.9 Å². The van der Waals surface area contributed by atoms with E-state index < -0.39 is 16.8 Å². The molecule has 2 aromatic carbocycles. The molecule has 0 aliphatic heterocycles. The molecule has 3 rings (SSSR count). The summed E-state index contributed by atoms with van der Waals surface area (Å²) < 4.78 is 10.9. The molecule has 0 spiro atoms. The second-order valence-electron chi connectivity index (χ2n) is 7.41. The van der Waals surface area contributed by atoms with Crippen molar-refractivity contribution in [3.05, 3.63) is 75.2 Å². The van der Waals surface area contributed by atoms with Gasteiger partial charge >= 0.3 is 5.97 Å². The van der Waals surface area contributed by atoms with Crippen LogP contribution in [0.2, 0.25) is 0 Å². The summed E-state index contributed by atoms with van der Waals surface area (Å²) >= 11 is 1.14. The molecule has 33 heavy (non-hydrogen) atoms. The highest BCUT2D eigenvalue weighted by molar-refractivity contribution is 7.15. The van der Waals surface area contributed by atoms with Crippen LogP contribution in [0.1, 0.15) is 42.6 Å². The van der Waals surface area contributed by atoms with E-state index in [2.05, 4.69) is 5.32 Å². The number of para-hydroxylation sites is 1. The van der Waals surface area contributed by atoms with Gasteiger partial charge in [-0.25, -0.2) is 4.79 Å². The van der Waals surface area contributed by atoms with Crippen LogP contribution in [0.15, 0.2) is 53.9 Å². The van der Waals surface area contributed by atoms with Crippen molar-refractivity contribution < 1.29 is 24.0 Å².